The van der Waals surface area contributed by atoms with Gasteiger partial charge in [-0.2, -0.15) is 0 Å². The molecule has 1 atom stereocenters. The Morgan fingerprint density at radius 2 is 1.79 bits per heavy atom. The first kappa shape index (κ1) is 19.5. The molecule has 0 spiro atoms. The van der Waals surface area contributed by atoms with Crippen molar-refractivity contribution in [1.29, 1.82) is 0 Å². The van der Waals surface area contributed by atoms with Gasteiger partial charge in [-0.15, -0.1) is 0 Å². The van der Waals surface area contributed by atoms with E-state index in [2.05, 4.69) is 56.9 Å². The fourth-order valence-corrected chi connectivity index (χ4v) is 4.17. The van der Waals surface area contributed by atoms with Gasteiger partial charge in [-0.25, -0.2) is 4.79 Å². The minimum Gasteiger partial charge on any atom is -0.491 e. The predicted octanol–water partition coefficient (Wildman–Crippen LogP) is 6.71. The van der Waals surface area contributed by atoms with Gasteiger partial charge in [-0.3, -0.25) is 0 Å². The van der Waals surface area contributed by atoms with Crippen LogP contribution in [-0.4, -0.2) is 12.6 Å². The molecule has 0 fully saturated rings. The van der Waals surface area contributed by atoms with Gasteiger partial charge in [0.05, 0.1) is 12.3 Å². The topological polar surface area (TPSA) is 50.4 Å². The van der Waals surface area contributed by atoms with E-state index in [-0.39, 0.29) is 11.9 Å². The lowest BCUT2D eigenvalue weighted by Crippen LogP contribution is -2.20. The van der Waals surface area contributed by atoms with Gasteiger partial charge < -0.3 is 15.4 Å². The minimum absolute atomic E-state index is 0.229. The number of aryl methyl sites for hydroxylation is 1. The molecule has 148 valence electrons. The van der Waals surface area contributed by atoms with Crippen molar-refractivity contribution in [3.05, 3.63) is 87.9 Å². The van der Waals surface area contributed by atoms with Crippen LogP contribution in [-0.2, 0) is 0 Å². The second kappa shape index (κ2) is 8.70. The molecule has 0 bridgehead atoms. The fraction of sp³-hybridized carbons (Fsp3) is 0.208. The smallest absolute Gasteiger partial charge is 0.323 e. The Hall–Kier alpha value is -2.79. The highest BCUT2D eigenvalue weighted by molar-refractivity contribution is 9.10. The van der Waals surface area contributed by atoms with E-state index in [9.17, 15) is 4.79 Å². The summed E-state index contributed by atoms with van der Waals surface area (Å²) < 4.78 is 7.00. The second-order valence-corrected chi connectivity index (χ2v) is 8.19. The molecular formula is C24H23BrN2O2. The van der Waals surface area contributed by atoms with E-state index in [1.54, 1.807) is 0 Å². The summed E-state index contributed by atoms with van der Waals surface area (Å²) in [5.74, 6) is 0.977. The number of amides is 2. The lowest BCUT2D eigenvalue weighted by molar-refractivity contribution is 0.262. The Morgan fingerprint density at radius 1 is 1.03 bits per heavy atom. The highest BCUT2D eigenvalue weighted by Crippen LogP contribution is 2.43. The number of carbonyl (C=O) groups is 1. The zero-order valence-corrected chi connectivity index (χ0v) is 17.8. The van der Waals surface area contributed by atoms with E-state index in [4.69, 9.17) is 4.74 Å². The molecule has 3 aromatic carbocycles. The van der Waals surface area contributed by atoms with Crippen LogP contribution >= 0.6 is 15.9 Å². The van der Waals surface area contributed by atoms with Crippen LogP contribution in [0.15, 0.2) is 71.2 Å². The van der Waals surface area contributed by atoms with Crippen molar-refractivity contribution in [2.24, 2.45) is 0 Å². The molecule has 3 aromatic rings. The number of nitrogens with one attached hydrogen (secondary N) is 2. The van der Waals surface area contributed by atoms with Gasteiger partial charge in [0, 0.05) is 21.6 Å². The number of fused-ring (bicyclic) bond motifs is 1. The number of ether oxygens (including phenoxy) is 1. The molecule has 0 aliphatic carbocycles. The zero-order chi connectivity index (χ0) is 20.2. The summed E-state index contributed by atoms with van der Waals surface area (Å²) in [6.07, 6.45) is 1.96. The maximum atomic E-state index is 12.6. The average Bonchev–Trinajstić information content (AvgIpc) is 2.93. The molecule has 4 nitrogen and oxygen atoms in total. The summed E-state index contributed by atoms with van der Waals surface area (Å²) in [7, 11) is 0. The van der Waals surface area contributed by atoms with Crippen molar-refractivity contribution in [3.8, 4) is 5.75 Å². The van der Waals surface area contributed by atoms with E-state index >= 15 is 0 Å². The highest BCUT2D eigenvalue weighted by Gasteiger charge is 2.25. The normalized spacial score (nSPS) is 15.6. The summed E-state index contributed by atoms with van der Waals surface area (Å²) in [5, 5.41) is 5.85. The second-order valence-electron chi connectivity index (χ2n) is 7.27. The number of halogens is 1. The molecule has 0 unspecified atom stereocenters. The maximum Gasteiger partial charge on any atom is 0.323 e. The molecule has 1 aliphatic heterocycles. The van der Waals surface area contributed by atoms with Crippen molar-refractivity contribution in [3.63, 3.8) is 0 Å². The van der Waals surface area contributed by atoms with Crippen LogP contribution in [0.3, 0.4) is 0 Å². The van der Waals surface area contributed by atoms with Gasteiger partial charge in [-0.05, 0) is 49.6 Å². The van der Waals surface area contributed by atoms with Crippen LogP contribution in [0.25, 0.3) is 0 Å². The van der Waals surface area contributed by atoms with Crippen LogP contribution in [0.1, 0.15) is 35.4 Å². The molecule has 4 rings (SSSR count). The maximum absolute atomic E-state index is 12.6. The number of anilines is 2. The predicted molar refractivity (Wildman–Crippen MR) is 121 cm³/mol. The fourth-order valence-electron chi connectivity index (χ4n) is 3.70. The third kappa shape index (κ3) is 4.62. The van der Waals surface area contributed by atoms with E-state index < -0.39 is 0 Å². The average molecular weight is 451 g/mol. The first-order valence-electron chi connectivity index (χ1n) is 9.76. The summed E-state index contributed by atoms with van der Waals surface area (Å²) >= 11 is 3.60. The molecule has 1 aliphatic rings. The molecule has 0 radical (unpaired) electrons. The van der Waals surface area contributed by atoms with Gasteiger partial charge >= 0.3 is 6.03 Å². The number of benzene rings is 3. The highest BCUT2D eigenvalue weighted by atomic mass is 79.9. The Labute approximate surface area is 179 Å². The molecule has 29 heavy (non-hydrogen) atoms. The molecule has 5 heteroatoms. The third-order valence-corrected chi connectivity index (χ3v) is 5.56. The Morgan fingerprint density at radius 3 is 2.55 bits per heavy atom. The molecule has 1 heterocycles. The van der Waals surface area contributed by atoms with E-state index in [1.165, 1.54) is 5.56 Å². The molecular weight excluding hydrogens is 428 g/mol. The SMILES string of the molecule is Cc1ccc(NC(=O)Nc2cc(Br)cc3c2OCCC[C@H]3c2ccccc2)cc1. The van der Waals surface area contributed by atoms with Crippen molar-refractivity contribution < 1.29 is 9.53 Å². The molecule has 0 aromatic heterocycles. The van der Waals surface area contributed by atoms with Gasteiger partial charge in [0.25, 0.3) is 0 Å². The zero-order valence-electron chi connectivity index (χ0n) is 16.2. The number of hydrogen-bond donors (Lipinski definition) is 2. The van der Waals surface area contributed by atoms with E-state index in [1.807, 2.05) is 43.3 Å². The Bertz CT molecular complexity index is 1000. The number of hydrogen-bond acceptors (Lipinski definition) is 2. The monoisotopic (exact) mass is 450 g/mol. The quantitative estimate of drug-likeness (QED) is 0.465. The third-order valence-electron chi connectivity index (χ3n) is 5.10. The van der Waals surface area contributed by atoms with Crippen molar-refractivity contribution in [1.82, 2.24) is 0 Å². The molecule has 2 amide bonds. The lowest BCUT2D eigenvalue weighted by Gasteiger charge is -2.20. The van der Waals surface area contributed by atoms with Crippen LogP contribution in [0.2, 0.25) is 0 Å². The first-order chi connectivity index (χ1) is 14.1. The van der Waals surface area contributed by atoms with Crippen LogP contribution in [0.4, 0.5) is 16.2 Å². The number of rotatable bonds is 3. The van der Waals surface area contributed by atoms with Crippen LogP contribution < -0.4 is 15.4 Å². The number of urea groups is 1. The van der Waals surface area contributed by atoms with Gasteiger partial charge in [0.15, 0.2) is 0 Å². The van der Waals surface area contributed by atoms with Crippen molar-refractivity contribution >= 4 is 33.3 Å². The van der Waals surface area contributed by atoms with Crippen LogP contribution in [0, 0.1) is 6.92 Å². The van der Waals surface area contributed by atoms with Crippen molar-refractivity contribution in [2.75, 3.05) is 17.2 Å². The molecule has 0 saturated carbocycles. The summed E-state index contributed by atoms with van der Waals surface area (Å²) in [4.78, 5) is 12.6. The Balaban J connectivity index is 1.63. The number of carbonyl (C=O) groups excluding carboxylic acids is 1. The molecule has 0 saturated heterocycles. The first-order valence-corrected chi connectivity index (χ1v) is 10.6. The summed E-state index contributed by atoms with van der Waals surface area (Å²) in [5.41, 5.74) is 4.91. The van der Waals surface area contributed by atoms with Crippen LogP contribution in [0.5, 0.6) is 5.75 Å². The lowest BCUT2D eigenvalue weighted by atomic mass is 9.87. The van der Waals surface area contributed by atoms with Gasteiger partial charge in [0.1, 0.15) is 5.75 Å². The minimum atomic E-state index is -0.293. The van der Waals surface area contributed by atoms with Gasteiger partial charge in [-0.1, -0.05) is 64.0 Å². The van der Waals surface area contributed by atoms with E-state index in [0.29, 0.717) is 12.3 Å². The Kier molecular flexibility index (Phi) is 5.86. The van der Waals surface area contributed by atoms with E-state index in [0.717, 1.165) is 39.9 Å². The summed E-state index contributed by atoms with van der Waals surface area (Å²) in [6, 6.07) is 21.9. The largest absolute Gasteiger partial charge is 0.491 e. The molecule has 2 N–H and O–H groups in total. The van der Waals surface area contributed by atoms with Crippen molar-refractivity contribution in [2.45, 2.75) is 25.7 Å². The van der Waals surface area contributed by atoms with Gasteiger partial charge in [0.2, 0.25) is 0 Å². The standard InChI is InChI=1S/C24H23BrN2O2/c1-16-9-11-19(12-10-16)26-24(28)27-22-15-18(25)14-21-20(8-5-13-29-23(21)22)17-6-3-2-4-7-17/h2-4,6-7,9-12,14-15,20H,5,8,13H2,1H3,(H2,26,27,28)/t20-/m0/s1. The summed E-state index contributed by atoms with van der Waals surface area (Å²) in [6.45, 7) is 2.65.